The van der Waals surface area contributed by atoms with Crippen LogP contribution in [-0.2, 0) is 7.05 Å². The summed E-state index contributed by atoms with van der Waals surface area (Å²) in [5.74, 6) is -0.237. The Morgan fingerprint density at radius 1 is 1.56 bits per heavy atom. The van der Waals surface area contributed by atoms with Crippen molar-refractivity contribution in [1.29, 1.82) is 0 Å². The van der Waals surface area contributed by atoms with E-state index in [-0.39, 0.29) is 17.5 Å². The number of rotatable bonds is 6. The van der Waals surface area contributed by atoms with Gasteiger partial charge < -0.3 is 15.6 Å². The Balaban J connectivity index is 2.68. The van der Waals surface area contributed by atoms with E-state index < -0.39 is 0 Å². The highest BCUT2D eigenvalue weighted by atomic mass is 16.2. The van der Waals surface area contributed by atoms with Gasteiger partial charge in [0.1, 0.15) is 0 Å². The van der Waals surface area contributed by atoms with Crippen LogP contribution in [0, 0.1) is 0 Å². The second-order valence-corrected chi connectivity index (χ2v) is 4.41. The van der Waals surface area contributed by atoms with E-state index >= 15 is 0 Å². The lowest BCUT2D eigenvalue weighted by atomic mass is 10.1. The lowest BCUT2D eigenvalue weighted by molar-refractivity contribution is 0.0935. The quantitative estimate of drug-likeness (QED) is 0.778. The zero-order valence-corrected chi connectivity index (χ0v) is 11.0. The molecular formula is C13H21N3O2. The minimum absolute atomic E-state index is 0.0264. The van der Waals surface area contributed by atoms with E-state index in [9.17, 15) is 9.59 Å². The van der Waals surface area contributed by atoms with Crippen LogP contribution in [0.4, 0.5) is 0 Å². The molecule has 0 radical (unpaired) electrons. The van der Waals surface area contributed by atoms with E-state index in [1.54, 1.807) is 19.3 Å². The first-order valence-electron chi connectivity index (χ1n) is 6.26. The number of nitrogens with zero attached hydrogens (tertiary/aromatic N) is 1. The van der Waals surface area contributed by atoms with Crippen molar-refractivity contribution in [3.8, 4) is 0 Å². The fourth-order valence-corrected chi connectivity index (χ4v) is 1.66. The Morgan fingerprint density at radius 2 is 2.28 bits per heavy atom. The van der Waals surface area contributed by atoms with E-state index in [4.69, 9.17) is 5.73 Å². The van der Waals surface area contributed by atoms with Gasteiger partial charge in [0.05, 0.1) is 0 Å². The molecule has 0 aliphatic heterocycles. The number of amides is 1. The van der Waals surface area contributed by atoms with Gasteiger partial charge in [0.15, 0.2) is 0 Å². The van der Waals surface area contributed by atoms with Gasteiger partial charge in [-0.3, -0.25) is 9.59 Å². The molecule has 1 rings (SSSR count). The SMILES string of the molecule is CCCCC(CN)NC(=O)c1ccn(C)c(=O)c1. The van der Waals surface area contributed by atoms with Gasteiger partial charge in [-0.2, -0.15) is 0 Å². The summed E-state index contributed by atoms with van der Waals surface area (Å²) in [6.07, 6.45) is 4.54. The zero-order valence-electron chi connectivity index (χ0n) is 11.0. The Hall–Kier alpha value is -1.62. The van der Waals surface area contributed by atoms with Gasteiger partial charge in [0.25, 0.3) is 11.5 Å². The molecule has 1 atom stereocenters. The first-order chi connectivity index (χ1) is 8.58. The van der Waals surface area contributed by atoms with Crippen LogP contribution < -0.4 is 16.6 Å². The Labute approximate surface area is 107 Å². The molecule has 3 N–H and O–H groups in total. The van der Waals surface area contributed by atoms with Gasteiger partial charge in [0, 0.05) is 37.5 Å². The third-order valence-electron chi connectivity index (χ3n) is 2.89. The van der Waals surface area contributed by atoms with Crippen molar-refractivity contribution in [2.75, 3.05) is 6.54 Å². The predicted molar refractivity (Wildman–Crippen MR) is 71.5 cm³/mol. The highest BCUT2D eigenvalue weighted by molar-refractivity contribution is 5.94. The van der Waals surface area contributed by atoms with E-state index in [1.807, 2.05) is 0 Å². The molecule has 5 nitrogen and oxygen atoms in total. The average molecular weight is 251 g/mol. The molecule has 0 saturated heterocycles. The van der Waals surface area contributed by atoms with Crippen molar-refractivity contribution < 1.29 is 4.79 Å². The maximum atomic E-state index is 11.9. The summed E-state index contributed by atoms with van der Waals surface area (Å²) in [5, 5.41) is 2.85. The number of carbonyl (C=O) groups excluding carboxylic acids is 1. The minimum Gasteiger partial charge on any atom is -0.348 e. The Bertz CT molecular complexity index is 454. The molecule has 1 heterocycles. The second-order valence-electron chi connectivity index (χ2n) is 4.41. The number of unbranched alkanes of at least 4 members (excludes halogenated alkanes) is 1. The lowest BCUT2D eigenvalue weighted by Gasteiger charge is -2.16. The van der Waals surface area contributed by atoms with Crippen LogP contribution in [0.3, 0.4) is 0 Å². The lowest BCUT2D eigenvalue weighted by Crippen LogP contribution is -2.40. The molecule has 18 heavy (non-hydrogen) atoms. The molecule has 0 spiro atoms. The molecule has 1 aromatic rings. The molecule has 0 saturated carbocycles. The molecule has 0 aliphatic rings. The third-order valence-corrected chi connectivity index (χ3v) is 2.89. The van der Waals surface area contributed by atoms with Crippen molar-refractivity contribution in [3.05, 3.63) is 34.2 Å². The Morgan fingerprint density at radius 3 is 2.83 bits per heavy atom. The minimum atomic E-state index is -0.237. The summed E-state index contributed by atoms with van der Waals surface area (Å²) in [7, 11) is 1.65. The number of aromatic nitrogens is 1. The molecule has 1 unspecified atom stereocenters. The van der Waals surface area contributed by atoms with Gasteiger partial charge in [-0.05, 0) is 12.5 Å². The third kappa shape index (κ3) is 4.00. The van der Waals surface area contributed by atoms with Gasteiger partial charge in [0.2, 0.25) is 0 Å². The van der Waals surface area contributed by atoms with Gasteiger partial charge >= 0.3 is 0 Å². The van der Waals surface area contributed by atoms with Crippen molar-refractivity contribution in [2.24, 2.45) is 12.8 Å². The smallest absolute Gasteiger partial charge is 0.251 e. The van der Waals surface area contributed by atoms with Crippen LogP contribution in [0.5, 0.6) is 0 Å². The van der Waals surface area contributed by atoms with Crippen LogP contribution in [0.1, 0.15) is 36.5 Å². The number of nitrogens with one attached hydrogen (secondary N) is 1. The topological polar surface area (TPSA) is 77.1 Å². The summed E-state index contributed by atoms with van der Waals surface area (Å²) in [4.78, 5) is 23.4. The molecule has 5 heteroatoms. The number of nitrogens with two attached hydrogens (primary N) is 1. The van der Waals surface area contributed by atoms with Gasteiger partial charge in [-0.25, -0.2) is 0 Å². The number of carbonyl (C=O) groups is 1. The molecular weight excluding hydrogens is 230 g/mol. The zero-order chi connectivity index (χ0) is 13.5. The molecule has 0 fully saturated rings. The maximum Gasteiger partial charge on any atom is 0.251 e. The van der Waals surface area contributed by atoms with Crippen LogP contribution in [0.2, 0.25) is 0 Å². The van der Waals surface area contributed by atoms with Crippen molar-refractivity contribution in [1.82, 2.24) is 9.88 Å². The second kappa shape index (κ2) is 6.96. The maximum absolute atomic E-state index is 11.9. The standard InChI is InChI=1S/C13H21N3O2/c1-3-4-5-11(9-14)15-13(18)10-6-7-16(2)12(17)8-10/h6-8,11H,3-5,9,14H2,1-2H3,(H,15,18). The number of hydrogen-bond acceptors (Lipinski definition) is 3. The molecule has 0 aromatic carbocycles. The summed E-state index contributed by atoms with van der Waals surface area (Å²) >= 11 is 0. The van der Waals surface area contributed by atoms with E-state index in [1.165, 1.54) is 10.6 Å². The first kappa shape index (κ1) is 14.4. The van der Waals surface area contributed by atoms with Crippen molar-refractivity contribution >= 4 is 5.91 Å². The molecule has 1 aromatic heterocycles. The van der Waals surface area contributed by atoms with E-state index in [0.717, 1.165) is 19.3 Å². The molecule has 1 amide bonds. The summed E-state index contributed by atoms with van der Waals surface area (Å²) in [6.45, 7) is 2.51. The fourth-order valence-electron chi connectivity index (χ4n) is 1.66. The van der Waals surface area contributed by atoms with Crippen LogP contribution >= 0.6 is 0 Å². The molecule has 100 valence electrons. The normalized spacial score (nSPS) is 12.2. The predicted octanol–water partition coefficient (Wildman–Crippen LogP) is 0.633. The highest BCUT2D eigenvalue weighted by Crippen LogP contribution is 2.01. The van der Waals surface area contributed by atoms with Crippen molar-refractivity contribution in [2.45, 2.75) is 32.2 Å². The average Bonchev–Trinajstić information content (AvgIpc) is 2.37. The summed E-state index contributed by atoms with van der Waals surface area (Å²) in [6, 6.07) is 2.94. The molecule has 0 bridgehead atoms. The van der Waals surface area contributed by atoms with Crippen LogP contribution in [0.15, 0.2) is 23.1 Å². The van der Waals surface area contributed by atoms with E-state index in [0.29, 0.717) is 12.1 Å². The molecule has 0 aliphatic carbocycles. The van der Waals surface area contributed by atoms with Crippen LogP contribution in [-0.4, -0.2) is 23.1 Å². The van der Waals surface area contributed by atoms with Crippen LogP contribution in [0.25, 0.3) is 0 Å². The largest absolute Gasteiger partial charge is 0.348 e. The first-order valence-corrected chi connectivity index (χ1v) is 6.26. The number of aryl methyl sites for hydroxylation is 1. The summed E-state index contributed by atoms with van der Waals surface area (Å²) in [5.41, 5.74) is 5.80. The monoisotopic (exact) mass is 251 g/mol. The van der Waals surface area contributed by atoms with Gasteiger partial charge in [-0.1, -0.05) is 19.8 Å². The number of hydrogen-bond donors (Lipinski definition) is 2. The summed E-state index contributed by atoms with van der Waals surface area (Å²) < 4.78 is 1.42. The highest BCUT2D eigenvalue weighted by Gasteiger charge is 2.12. The van der Waals surface area contributed by atoms with E-state index in [2.05, 4.69) is 12.2 Å². The number of pyridine rings is 1. The Kier molecular flexibility index (Phi) is 5.58. The van der Waals surface area contributed by atoms with Crippen molar-refractivity contribution in [3.63, 3.8) is 0 Å². The van der Waals surface area contributed by atoms with Gasteiger partial charge in [-0.15, -0.1) is 0 Å². The fraction of sp³-hybridized carbons (Fsp3) is 0.538.